The van der Waals surface area contributed by atoms with Gasteiger partial charge >= 0.3 is 11.9 Å². The Hall–Kier alpha value is -6.61. The lowest BCUT2D eigenvalue weighted by molar-refractivity contribution is -0.770. The number of aromatic hydroxyl groups is 2. The van der Waals surface area contributed by atoms with Gasteiger partial charge in [0.1, 0.15) is 34.4 Å². The number of hydrogen-bond acceptors (Lipinski definition) is 13. The maximum atomic E-state index is 13.6. The first-order valence-electron chi connectivity index (χ1n) is 17.2. The first kappa shape index (κ1) is 34.2. The van der Waals surface area contributed by atoms with E-state index in [9.17, 15) is 19.8 Å². The number of carbonyl (C=O) groups is 2. The lowest BCUT2D eigenvalue weighted by atomic mass is 9.77. The number of amides is 1. The first-order valence-corrected chi connectivity index (χ1v) is 17.6. The normalized spacial score (nSPS) is 20.0. The third kappa shape index (κ3) is 5.57. The van der Waals surface area contributed by atoms with Crippen LogP contribution in [0.5, 0.6) is 23.0 Å². The molecule has 5 aromatic rings. The van der Waals surface area contributed by atoms with Crippen molar-refractivity contribution >= 4 is 46.8 Å². The fourth-order valence-corrected chi connectivity index (χ4v) is 7.74. The average molecular weight is 756 g/mol. The molecule has 1 atom stereocenters. The van der Waals surface area contributed by atoms with Crippen molar-refractivity contribution in [3.63, 3.8) is 0 Å². The number of nitrogens with zero attached hydrogens (tertiary/aromatic N) is 5. The number of allylic oxidation sites excluding steroid dienone is 1. The number of hydrogen-bond donors (Lipinski definition) is 5. The number of phenolic OH excluding ortho intramolecular Hbond substituents is 2. The van der Waals surface area contributed by atoms with Crippen molar-refractivity contribution in [1.29, 1.82) is 0 Å². The van der Waals surface area contributed by atoms with Crippen molar-refractivity contribution in [3.05, 3.63) is 141 Å². The van der Waals surface area contributed by atoms with Gasteiger partial charge in [-0.1, -0.05) is 36.4 Å². The first-order chi connectivity index (χ1) is 26.3. The van der Waals surface area contributed by atoms with Crippen molar-refractivity contribution in [3.8, 4) is 23.0 Å². The molecule has 15 heteroatoms. The molecule has 4 heterocycles. The second-order valence-electron chi connectivity index (χ2n) is 14.1. The van der Waals surface area contributed by atoms with Crippen molar-refractivity contribution in [1.82, 2.24) is 15.0 Å². The highest BCUT2D eigenvalue weighted by molar-refractivity contribution is 6.28. The topological polar surface area (TPSA) is 194 Å². The van der Waals surface area contributed by atoms with Gasteiger partial charge in [0, 0.05) is 52.1 Å². The number of benzene rings is 4. The molecule has 0 saturated carbocycles. The average Bonchev–Trinajstić information content (AvgIpc) is 3.37. The number of anilines is 3. The minimum atomic E-state index is -1.41. The van der Waals surface area contributed by atoms with Gasteiger partial charge in [0.05, 0.1) is 25.4 Å². The molecule has 274 valence electrons. The highest BCUT2D eigenvalue weighted by atomic mass is 35.5. The summed E-state index contributed by atoms with van der Waals surface area (Å²) in [6.07, 6.45) is 3.86. The van der Waals surface area contributed by atoms with Crippen LogP contribution in [0, 0.1) is 0 Å². The number of rotatable bonds is 5. The van der Waals surface area contributed by atoms with E-state index in [0.29, 0.717) is 28.1 Å². The number of aromatic nitrogens is 3. The molecule has 1 aromatic heterocycles. The summed E-state index contributed by atoms with van der Waals surface area (Å²) in [6.45, 7) is 0.0205. The van der Waals surface area contributed by atoms with Crippen molar-refractivity contribution < 1.29 is 33.8 Å². The molecule has 1 unspecified atom stereocenters. The predicted octanol–water partition coefficient (Wildman–Crippen LogP) is 5.63. The molecule has 0 saturated heterocycles. The third-order valence-electron chi connectivity index (χ3n) is 10.2. The summed E-state index contributed by atoms with van der Waals surface area (Å²) in [5, 5.41) is 26.7. The highest BCUT2D eigenvalue weighted by Gasteiger charge is 2.54. The lowest BCUT2D eigenvalue weighted by Crippen LogP contribution is -2.51. The number of halogens is 1. The van der Waals surface area contributed by atoms with E-state index in [2.05, 4.69) is 25.6 Å². The number of ether oxygens (including phenoxy) is 2. The van der Waals surface area contributed by atoms with Crippen LogP contribution in [0.15, 0.2) is 113 Å². The van der Waals surface area contributed by atoms with Gasteiger partial charge in [-0.2, -0.15) is 15.0 Å². The Morgan fingerprint density at radius 3 is 2.24 bits per heavy atom. The largest absolute Gasteiger partial charge is 0.508 e. The van der Waals surface area contributed by atoms with E-state index in [1.807, 2.05) is 50.5 Å². The van der Waals surface area contributed by atoms with E-state index in [4.69, 9.17) is 31.8 Å². The molecule has 55 heavy (non-hydrogen) atoms. The standard InChI is InChI=1S/C40H31ClN8O6/c1-49(2)30-14-15-39(42,19-26(30)34(43-20-33(49)52)21-6-4-3-5-7-21)48-38-46-36(41)45-37(47-38)44-22-8-11-27-25(16-22)35(53)55-40(27)28-12-9-23(50)17-31(28)54-32-18-24(51)10-13-29(32)40/h3-18H,19-20,42H2,1-2H3,(H3-,44,45,46,47,48,50,51)/p+1. The molecule has 1 amide bonds. The Morgan fingerprint density at radius 1 is 0.855 bits per heavy atom. The smallest absolute Gasteiger partial charge is 0.340 e. The number of aliphatic imine (C=N–C) groups is 1. The fraction of sp³-hybridized carbons (Fsp3) is 0.150. The van der Waals surface area contributed by atoms with Gasteiger partial charge in [0.15, 0.2) is 12.1 Å². The van der Waals surface area contributed by atoms with E-state index in [-0.39, 0.29) is 69.1 Å². The van der Waals surface area contributed by atoms with Crippen LogP contribution in [0.4, 0.5) is 17.6 Å². The summed E-state index contributed by atoms with van der Waals surface area (Å²) in [6, 6.07) is 23.9. The van der Waals surface area contributed by atoms with E-state index in [1.54, 1.807) is 36.4 Å². The summed E-state index contributed by atoms with van der Waals surface area (Å²) >= 11 is 6.41. The third-order valence-corrected chi connectivity index (χ3v) is 10.4. The van der Waals surface area contributed by atoms with Gasteiger partial charge in [0.2, 0.25) is 17.2 Å². The van der Waals surface area contributed by atoms with E-state index in [1.165, 1.54) is 24.3 Å². The summed E-state index contributed by atoms with van der Waals surface area (Å²) in [7, 11) is 3.67. The number of phenols is 2. The molecular formula is C40H32ClN8O6+. The Kier molecular flexibility index (Phi) is 7.59. The van der Waals surface area contributed by atoms with Crippen molar-refractivity contribution in [2.45, 2.75) is 17.7 Å². The fourth-order valence-electron chi connectivity index (χ4n) is 7.58. The molecule has 0 fully saturated rings. The molecule has 14 nitrogen and oxygen atoms in total. The predicted molar refractivity (Wildman–Crippen MR) is 202 cm³/mol. The maximum Gasteiger partial charge on any atom is 0.340 e. The Balaban J connectivity index is 1.03. The van der Waals surface area contributed by atoms with E-state index in [0.717, 1.165) is 16.8 Å². The molecule has 6 N–H and O–H groups in total. The summed E-state index contributed by atoms with van der Waals surface area (Å²) in [4.78, 5) is 44.7. The molecular weight excluding hydrogens is 724 g/mol. The van der Waals surface area contributed by atoms with Crippen LogP contribution in [0.25, 0.3) is 0 Å². The minimum absolute atomic E-state index is 0.00280. The molecule has 0 bridgehead atoms. The number of esters is 1. The molecule has 4 aliphatic rings. The summed E-state index contributed by atoms with van der Waals surface area (Å²) in [5.74, 6) is -0.0287. The zero-order valence-electron chi connectivity index (χ0n) is 29.4. The number of carbonyl (C=O) groups excluding carboxylic acids is 2. The second-order valence-corrected chi connectivity index (χ2v) is 14.4. The lowest BCUT2D eigenvalue weighted by Gasteiger charge is -2.36. The number of fused-ring (bicyclic) bond motifs is 6. The van der Waals surface area contributed by atoms with Crippen LogP contribution < -0.4 is 21.1 Å². The Bertz CT molecular complexity index is 2540. The molecule has 9 rings (SSSR count). The van der Waals surface area contributed by atoms with Crippen molar-refractivity contribution in [2.75, 3.05) is 31.3 Å². The maximum absolute atomic E-state index is 13.6. The number of quaternary nitrogens is 1. The van der Waals surface area contributed by atoms with Crippen LogP contribution in [0.3, 0.4) is 0 Å². The minimum Gasteiger partial charge on any atom is -0.508 e. The SMILES string of the molecule is C[N+]1(C)C(=O)CN=C(c2ccccc2)C2=C1C=CC(N)(Nc1nc(Cl)nc(Nc3ccc4c(c3)C(=O)OC43c4ccc(O)cc4Oc4cc(O)ccc43)n1)C2. The molecule has 1 aliphatic carbocycles. The second kappa shape index (κ2) is 12.2. The number of nitrogens with one attached hydrogen (secondary N) is 2. The highest BCUT2D eigenvalue weighted by Crippen LogP contribution is 2.57. The summed E-state index contributed by atoms with van der Waals surface area (Å²) in [5.41, 5.74) is 9.74. The molecule has 0 radical (unpaired) electrons. The van der Waals surface area contributed by atoms with Gasteiger partial charge in [0.25, 0.3) is 0 Å². The monoisotopic (exact) mass is 755 g/mol. The quantitative estimate of drug-likeness (QED) is 0.0844. The van der Waals surface area contributed by atoms with Gasteiger partial charge in [-0.25, -0.2) is 14.1 Å². The van der Waals surface area contributed by atoms with Gasteiger partial charge in [-0.3, -0.25) is 4.99 Å². The zero-order chi connectivity index (χ0) is 38.3. The molecule has 3 aliphatic heterocycles. The molecule has 4 aromatic carbocycles. The Labute approximate surface area is 318 Å². The number of likely N-dealkylation sites (N-methyl/N-ethyl adjacent to an activating group) is 1. The van der Waals surface area contributed by atoms with E-state index < -0.39 is 17.2 Å². The van der Waals surface area contributed by atoms with Crippen LogP contribution in [-0.4, -0.2) is 73.5 Å². The molecule has 1 spiro atoms. The van der Waals surface area contributed by atoms with Crippen molar-refractivity contribution in [2.24, 2.45) is 10.7 Å². The zero-order valence-corrected chi connectivity index (χ0v) is 30.1. The Morgan fingerprint density at radius 2 is 1.53 bits per heavy atom. The number of nitrogens with two attached hydrogens (primary N) is 1. The van der Waals surface area contributed by atoms with Crippen LogP contribution in [0.2, 0.25) is 5.28 Å². The van der Waals surface area contributed by atoms with Crippen LogP contribution >= 0.6 is 11.6 Å². The van der Waals surface area contributed by atoms with Crippen LogP contribution in [-0.2, 0) is 15.1 Å². The van der Waals surface area contributed by atoms with Crippen LogP contribution in [0.1, 0.15) is 39.0 Å². The van der Waals surface area contributed by atoms with Gasteiger partial charge in [-0.05, 0) is 60.2 Å². The van der Waals surface area contributed by atoms with Gasteiger partial charge < -0.3 is 36.1 Å². The van der Waals surface area contributed by atoms with Gasteiger partial charge in [-0.15, -0.1) is 0 Å². The van der Waals surface area contributed by atoms with E-state index >= 15 is 0 Å². The summed E-state index contributed by atoms with van der Waals surface area (Å²) < 4.78 is 12.2.